The summed E-state index contributed by atoms with van der Waals surface area (Å²) in [6.07, 6.45) is 1.61. The largest absolute Gasteiger partial charge is 0.464 e. The van der Waals surface area contributed by atoms with Crippen molar-refractivity contribution < 1.29 is 8.81 Å². The average Bonchev–Trinajstić information content (AvgIpc) is 2.62. The molecular weight excluding hydrogens is 181 g/mol. The molecule has 0 bridgehead atoms. The zero-order valence-electron chi connectivity index (χ0n) is 8.17. The summed E-state index contributed by atoms with van der Waals surface area (Å²) in [7, 11) is 1.84. The van der Waals surface area contributed by atoms with Crippen molar-refractivity contribution in [1.29, 1.82) is 0 Å². The standard InChI is InChI=1S/C11H12FNO/c1-7(13-2)8-6-14-10-5-3-4-9(12)11(8)10/h3-7,13H,1-2H3. The number of rotatable bonds is 2. The van der Waals surface area contributed by atoms with Gasteiger partial charge in [0.15, 0.2) is 0 Å². The summed E-state index contributed by atoms with van der Waals surface area (Å²) < 4.78 is 18.8. The number of halogens is 1. The molecule has 1 N–H and O–H groups in total. The van der Waals surface area contributed by atoms with Crippen LogP contribution in [0.15, 0.2) is 28.9 Å². The molecule has 1 aromatic carbocycles. The second-order valence-corrected chi connectivity index (χ2v) is 3.31. The third kappa shape index (κ3) is 1.30. The summed E-state index contributed by atoms with van der Waals surface area (Å²) in [6, 6.07) is 4.95. The van der Waals surface area contributed by atoms with Crippen LogP contribution >= 0.6 is 0 Å². The molecule has 1 heterocycles. The van der Waals surface area contributed by atoms with E-state index in [1.807, 2.05) is 14.0 Å². The molecule has 1 unspecified atom stereocenters. The van der Waals surface area contributed by atoms with Gasteiger partial charge >= 0.3 is 0 Å². The van der Waals surface area contributed by atoms with E-state index in [1.165, 1.54) is 6.07 Å². The molecule has 0 amide bonds. The highest BCUT2D eigenvalue weighted by Crippen LogP contribution is 2.28. The average molecular weight is 193 g/mol. The highest BCUT2D eigenvalue weighted by Gasteiger charge is 2.14. The molecule has 1 aromatic heterocycles. The number of nitrogens with one attached hydrogen (secondary N) is 1. The van der Waals surface area contributed by atoms with Gasteiger partial charge in [0, 0.05) is 11.6 Å². The minimum Gasteiger partial charge on any atom is -0.464 e. The lowest BCUT2D eigenvalue weighted by molar-refractivity contribution is 0.588. The van der Waals surface area contributed by atoms with Gasteiger partial charge in [0.2, 0.25) is 0 Å². The highest BCUT2D eigenvalue weighted by atomic mass is 19.1. The van der Waals surface area contributed by atoms with Crippen molar-refractivity contribution in [3.05, 3.63) is 35.8 Å². The molecule has 14 heavy (non-hydrogen) atoms. The maximum Gasteiger partial charge on any atom is 0.137 e. The van der Waals surface area contributed by atoms with Gasteiger partial charge in [-0.25, -0.2) is 4.39 Å². The first kappa shape index (κ1) is 9.21. The van der Waals surface area contributed by atoms with Crippen LogP contribution in [0.2, 0.25) is 0 Å². The fourth-order valence-electron chi connectivity index (χ4n) is 1.54. The molecule has 0 saturated carbocycles. The van der Waals surface area contributed by atoms with Crippen LogP contribution in [-0.4, -0.2) is 7.05 Å². The molecule has 0 radical (unpaired) electrons. The maximum absolute atomic E-state index is 13.5. The molecular formula is C11H12FNO. The van der Waals surface area contributed by atoms with Crippen LogP contribution in [0.1, 0.15) is 18.5 Å². The second kappa shape index (κ2) is 3.42. The van der Waals surface area contributed by atoms with E-state index in [0.717, 1.165) is 5.56 Å². The smallest absolute Gasteiger partial charge is 0.137 e. The number of hydrogen-bond donors (Lipinski definition) is 1. The lowest BCUT2D eigenvalue weighted by Crippen LogP contribution is -2.11. The second-order valence-electron chi connectivity index (χ2n) is 3.31. The topological polar surface area (TPSA) is 25.2 Å². The lowest BCUT2D eigenvalue weighted by Gasteiger charge is -2.07. The van der Waals surface area contributed by atoms with Gasteiger partial charge in [0.25, 0.3) is 0 Å². The SMILES string of the molecule is CNC(C)c1coc2cccc(F)c12. The van der Waals surface area contributed by atoms with Crippen LogP contribution in [-0.2, 0) is 0 Å². The van der Waals surface area contributed by atoms with Crippen molar-refractivity contribution in [3.63, 3.8) is 0 Å². The van der Waals surface area contributed by atoms with E-state index in [9.17, 15) is 4.39 Å². The minimum atomic E-state index is -0.228. The number of hydrogen-bond acceptors (Lipinski definition) is 2. The van der Waals surface area contributed by atoms with Crippen molar-refractivity contribution in [2.45, 2.75) is 13.0 Å². The number of benzene rings is 1. The monoisotopic (exact) mass is 193 g/mol. The quantitative estimate of drug-likeness (QED) is 0.793. The van der Waals surface area contributed by atoms with Crippen molar-refractivity contribution in [2.75, 3.05) is 7.05 Å². The van der Waals surface area contributed by atoms with E-state index in [1.54, 1.807) is 18.4 Å². The Kier molecular flexibility index (Phi) is 2.25. The van der Waals surface area contributed by atoms with E-state index in [0.29, 0.717) is 11.0 Å². The lowest BCUT2D eigenvalue weighted by atomic mass is 10.1. The zero-order valence-corrected chi connectivity index (χ0v) is 8.17. The first-order chi connectivity index (χ1) is 6.74. The Morgan fingerprint density at radius 3 is 2.93 bits per heavy atom. The van der Waals surface area contributed by atoms with Gasteiger partial charge in [0.05, 0.1) is 11.6 Å². The fourth-order valence-corrected chi connectivity index (χ4v) is 1.54. The van der Waals surface area contributed by atoms with Crippen LogP contribution < -0.4 is 5.32 Å². The Labute approximate surface area is 81.7 Å². The van der Waals surface area contributed by atoms with Gasteiger partial charge in [-0.1, -0.05) is 6.07 Å². The highest BCUT2D eigenvalue weighted by molar-refractivity contribution is 5.82. The molecule has 1 atom stereocenters. The molecule has 0 fully saturated rings. The van der Waals surface area contributed by atoms with Crippen LogP contribution in [0.5, 0.6) is 0 Å². The molecule has 0 aliphatic carbocycles. The molecule has 2 aromatic rings. The summed E-state index contributed by atoms with van der Waals surface area (Å²) in [5.41, 5.74) is 1.46. The maximum atomic E-state index is 13.5. The summed E-state index contributed by atoms with van der Waals surface area (Å²) >= 11 is 0. The van der Waals surface area contributed by atoms with Gasteiger partial charge in [-0.05, 0) is 26.1 Å². The Morgan fingerprint density at radius 2 is 2.21 bits per heavy atom. The van der Waals surface area contributed by atoms with Gasteiger partial charge in [-0.3, -0.25) is 0 Å². The number of furan rings is 1. The predicted octanol–water partition coefficient (Wildman–Crippen LogP) is 2.85. The van der Waals surface area contributed by atoms with E-state index in [-0.39, 0.29) is 11.9 Å². The molecule has 0 aliphatic rings. The van der Waals surface area contributed by atoms with Gasteiger partial charge < -0.3 is 9.73 Å². The van der Waals surface area contributed by atoms with E-state index < -0.39 is 0 Å². The number of fused-ring (bicyclic) bond motifs is 1. The van der Waals surface area contributed by atoms with Gasteiger partial charge in [0.1, 0.15) is 11.4 Å². The molecule has 3 heteroatoms. The van der Waals surface area contributed by atoms with Crippen LogP contribution in [0.25, 0.3) is 11.0 Å². The van der Waals surface area contributed by atoms with Crippen LogP contribution in [0.3, 0.4) is 0 Å². The molecule has 2 rings (SSSR count). The molecule has 0 spiro atoms. The van der Waals surface area contributed by atoms with Crippen LogP contribution in [0, 0.1) is 5.82 Å². The Bertz CT molecular complexity index is 449. The normalized spacial score (nSPS) is 13.4. The summed E-state index contributed by atoms with van der Waals surface area (Å²) in [4.78, 5) is 0. The molecule has 2 nitrogen and oxygen atoms in total. The first-order valence-electron chi connectivity index (χ1n) is 4.57. The Morgan fingerprint density at radius 1 is 1.43 bits per heavy atom. The van der Waals surface area contributed by atoms with E-state index in [2.05, 4.69) is 5.32 Å². The molecule has 0 aliphatic heterocycles. The third-order valence-corrected chi connectivity index (χ3v) is 2.48. The van der Waals surface area contributed by atoms with Crippen molar-refractivity contribution >= 4 is 11.0 Å². The van der Waals surface area contributed by atoms with E-state index in [4.69, 9.17) is 4.42 Å². The molecule has 74 valence electrons. The van der Waals surface area contributed by atoms with Crippen LogP contribution in [0.4, 0.5) is 4.39 Å². The summed E-state index contributed by atoms with van der Waals surface area (Å²) in [5.74, 6) is -0.228. The van der Waals surface area contributed by atoms with Crippen molar-refractivity contribution in [2.24, 2.45) is 0 Å². The van der Waals surface area contributed by atoms with Crippen molar-refractivity contribution in [1.82, 2.24) is 5.32 Å². The first-order valence-corrected chi connectivity index (χ1v) is 4.57. The van der Waals surface area contributed by atoms with Crippen molar-refractivity contribution in [3.8, 4) is 0 Å². The summed E-state index contributed by atoms with van der Waals surface area (Å²) in [6.45, 7) is 1.97. The minimum absolute atomic E-state index is 0.0909. The third-order valence-electron chi connectivity index (χ3n) is 2.48. The summed E-state index contributed by atoms with van der Waals surface area (Å²) in [5, 5.41) is 3.64. The predicted molar refractivity (Wildman–Crippen MR) is 53.6 cm³/mol. The Hall–Kier alpha value is -1.35. The zero-order chi connectivity index (χ0) is 10.1. The van der Waals surface area contributed by atoms with Gasteiger partial charge in [-0.2, -0.15) is 0 Å². The van der Waals surface area contributed by atoms with E-state index >= 15 is 0 Å². The fraction of sp³-hybridized carbons (Fsp3) is 0.273. The van der Waals surface area contributed by atoms with Gasteiger partial charge in [-0.15, -0.1) is 0 Å². The molecule has 0 saturated heterocycles. The Balaban J connectivity index is 2.67.